The van der Waals surface area contributed by atoms with Crippen LogP contribution in [-0.2, 0) is 14.8 Å². The van der Waals surface area contributed by atoms with Crippen molar-refractivity contribution in [1.82, 2.24) is 4.31 Å². The van der Waals surface area contributed by atoms with E-state index in [-0.39, 0.29) is 17.4 Å². The molecule has 2 rings (SSSR count). The summed E-state index contributed by atoms with van der Waals surface area (Å²) in [7, 11) is -2.17. The van der Waals surface area contributed by atoms with Crippen molar-refractivity contribution >= 4 is 16.0 Å². The molecule has 7 heteroatoms. The lowest BCUT2D eigenvalue weighted by molar-refractivity contribution is -0.143. The molecule has 122 valence electrons. The highest BCUT2D eigenvalue weighted by atomic mass is 32.2. The Balaban J connectivity index is 2.33. The van der Waals surface area contributed by atoms with Crippen LogP contribution in [-0.4, -0.2) is 44.0 Å². The Morgan fingerprint density at radius 3 is 2.59 bits per heavy atom. The summed E-state index contributed by atoms with van der Waals surface area (Å²) in [5.41, 5.74) is 0.725. The summed E-state index contributed by atoms with van der Waals surface area (Å²) in [5.74, 6) is -0.964. The maximum Gasteiger partial charge on any atom is 0.307 e. The summed E-state index contributed by atoms with van der Waals surface area (Å²) in [6.45, 7) is 4.01. The zero-order valence-corrected chi connectivity index (χ0v) is 13.8. The first-order valence-corrected chi connectivity index (χ1v) is 8.57. The van der Waals surface area contributed by atoms with Crippen molar-refractivity contribution in [1.29, 1.82) is 0 Å². The van der Waals surface area contributed by atoms with Crippen LogP contribution in [0, 0.1) is 18.8 Å². The minimum absolute atomic E-state index is 0.0176. The molecule has 0 amide bonds. The highest BCUT2D eigenvalue weighted by molar-refractivity contribution is 7.89. The Kier molecular flexibility index (Phi) is 4.77. The minimum atomic E-state index is -3.69. The third kappa shape index (κ3) is 3.25. The van der Waals surface area contributed by atoms with Gasteiger partial charge < -0.3 is 9.84 Å². The Morgan fingerprint density at radius 1 is 1.36 bits per heavy atom. The maximum absolute atomic E-state index is 12.7. The van der Waals surface area contributed by atoms with E-state index in [1.54, 1.807) is 19.1 Å². The molecule has 1 N–H and O–H groups in total. The van der Waals surface area contributed by atoms with Gasteiger partial charge in [-0.25, -0.2) is 8.42 Å². The van der Waals surface area contributed by atoms with Crippen molar-refractivity contribution in [3.63, 3.8) is 0 Å². The minimum Gasteiger partial charge on any atom is -0.496 e. The van der Waals surface area contributed by atoms with Crippen molar-refractivity contribution in [2.24, 2.45) is 11.8 Å². The van der Waals surface area contributed by atoms with Gasteiger partial charge in [-0.3, -0.25) is 4.79 Å². The van der Waals surface area contributed by atoms with Gasteiger partial charge in [-0.05, 0) is 43.0 Å². The molecule has 2 atom stereocenters. The lowest BCUT2D eigenvalue weighted by atomic mass is 9.92. The molecule has 0 saturated carbocycles. The fourth-order valence-electron chi connectivity index (χ4n) is 2.84. The molecule has 6 nitrogen and oxygen atoms in total. The lowest BCUT2D eigenvalue weighted by Crippen LogP contribution is -2.45. The molecule has 0 aliphatic carbocycles. The fraction of sp³-hybridized carbons (Fsp3) is 0.533. The number of benzene rings is 1. The Bertz CT molecular complexity index is 671. The van der Waals surface area contributed by atoms with Gasteiger partial charge in [-0.15, -0.1) is 0 Å². The Labute approximate surface area is 130 Å². The third-order valence-corrected chi connectivity index (χ3v) is 5.81. The normalized spacial score (nSPS) is 23.2. The molecule has 1 heterocycles. The summed E-state index contributed by atoms with van der Waals surface area (Å²) < 4.78 is 31.9. The number of piperidine rings is 1. The molecule has 0 aromatic heterocycles. The highest BCUT2D eigenvalue weighted by Gasteiger charge is 2.36. The van der Waals surface area contributed by atoms with Gasteiger partial charge in [0.2, 0.25) is 10.0 Å². The number of ether oxygens (including phenoxy) is 1. The molecule has 1 aliphatic rings. The predicted octanol–water partition coefficient (Wildman–Crippen LogP) is 1.73. The molecule has 0 bridgehead atoms. The fourth-order valence-corrected chi connectivity index (χ4v) is 4.53. The molecule has 1 saturated heterocycles. The van der Waals surface area contributed by atoms with Crippen LogP contribution in [0.2, 0.25) is 0 Å². The summed E-state index contributed by atoms with van der Waals surface area (Å²) in [5, 5.41) is 9.18. The van der Waals surface area contributed by atoms with Crippen molar-refractivity contribution in [2.45, 2.75) is 25.2 Å². The van der Waals surface area contributed by atoms with E-state index in [1.807, 2.05) is 6.92 Å². The van der Waals surface area contributed by atoms with Crippen LogP contribution < -0.4 is 4.74 Å². The van der Waals surface area contributed by atoms with Gasteiger partial charge in [0.25, 0.3) is 0 Å². The van der Waals surface area contributed by atoms with Crippen LogP contribution in [0.25, 0.3) is 0 Å². The van der Waals surface area contributed by atoms with E-state index >= 15 is 0 Å². The molecular weight excluding hydrogens is 306 g/mol. The molecule has 0 radical (unpaired) electrons. The molecule has 2 unspecified atom stereocenters. The summed E-state index contributed by atoms with van der Waals surface area (Å²) in [4.78, 5) is 11.4. The molecule has 0 spiro atoms. The van der Waals surface area contributed by atoms with Crippen LogP contribution in [0.4, 0.5) is 0 Å². The molecule has 1 fully saturated rings. The topological polar surface area (TPSA) is 83.9 Å². The van der Waals surface area contributed by atoms with Crippen molar-refractivity contribution < 1.29 is 23.1 Å². The van der Waals surface area contributed by atoms with Crippen LogP contribution >= 0.6 is 0 Å². The number of carboxylic acid groups (broad SMARTS) is 1. The van der Waals surface area contributed by atoms with Gasteiger partial charge >= 0.3 is 5.97 Å². The van der Waals surface area contributed by atoms with Gasteiger partial charge in [0, 0.05) is 13.1 Å². The highest BCUT2D eigenvalue weighted by Crippen LogP contribution is 2.29. The number of aryl methyl sites for hydroxylation is 1. The van der Waals surface area contributed by atoms with E-state index in [1.165, 1.54) is 17.5 Å². The van der Waals surface area contributed by atoms with E-state index < -0.39 is 21.9 Å². The second kappa shape index (κ2) is 6.26. The molecule has 22 heavy (non-hydrogen) atoms. The number of hydrogen-bond donors (Lipinski definition) is 1. The van der Waals surface area contributed by atoms with Crippen LogP contribution in [0.1, 0.15) is 18.9 Å². The van der Waals surface area contributed by atoms with Crippen molar-refractivity contribution in [2.75, 3.05) is 20.2 Å². The van der Waals surface area contributed by atoms with E-state index in [0.717, 1.165) is 5.56 Å². The van der Waals surface area contributed by atoms with Gasteiger partial charge in [0.15, 0.2) is 0 Å². The van der Waals surface area contributed by atoms with Crippen molar-refractivity contribution in [3.8, 4) is 5.75 Å². The first kappa shape index (κ1) is 16.8. The van der Waals surface area contributed by atoms with E-state index in [0.29, 0.717) is 18.7 Å². The standard InChI is InChI=1S/C15H21NO5S/c1-10-6-12(15(17)18)9-16(8-10)22(19,20)13-4-5-14(21-3)11(2)7-13/h4-5,7,10,12H,6,8-9H2,1-3H3,(H,17,18). The monoisotopic (exact) mass is 327 g/mol. The van der Waals surface area contributed by atoms with Crippen LogP contribution in [0.15, 0.2) is 23.1 Å². The maximum atomic E-state index is 12.7. The van der Waals surface area contributed by atoms with Gasteiger partial charge in [-0.1, -0.05) is 6.92 Å². The summed E-state index contributed by atoms with van der Waals surface area (Å²) in [6.07, 6.45) is 0.503. The zero-order chi connectivity index (χ0) is 16.5. The molecule has 1 aliphatic heterocycles. The number of nitrogens with zero attached hydrogens (tertiary/aromatic N) is 1. The van der Waals surface area contributed by atoms with Gasteiger partial charge in [0.05, 0.1) is 17.9 Å². The largest absolute Gasteiger partial charge is 0.496 e. The van der Waals surface area contributed by atoms with Crippen LogP contribution in [0.5, 0.6) is 5.75 Å². The molecule has 1 aromatic carbocycles. The Morgan fingerprint density at radius 2 is 2.05 bits per heavy atom. The lowest BCUT2D eigenvalue weighted by Gasteiger charge is -2.33. The number of aliphatic carboxylic acids is 1. The number of methoxy groups -OCH3 is 1. The van der Waals surface area contributed by atoms with E-state index in [2.05, 4.69) is 0 Å². The summed E-state index contributed by atoms with van der Waals surface area (Å²) >= 11 is 0. The Hall–Kier alpha value is -1.60. The molecule has 1 aromatic rings. The number of rotatable bonds is 4. The zero-order valence-electron chi connectivity index (χ0n) is 12.9. The van der Waals surface area contributed by atoms with Gasteiger partial charge in [0.1, 0.15) is 5.75 Å². The number of hydrogen-bond acceptors (Lipinski definition) is 4. The number of carboxylic acids is 1. The quantitative estimate of drug-likeness (QED) is 0.910. The third-order valence-electron chi connectivity index (χ3n) is 3.98. The SMILES string of the molecule is COc1ccc(S(=O)(=O)N2CC(C)CC(C(=O)O)C2)cc1C. The average molecular weight is 327 g/mol. The second-order valence-corrected chi connectivity index (χ2v) is 7.77. The van der Waals surface area contributed by atoms with E-state index in [9.17, 15) is 18.3 Å². The van der Waals surface area contributed by atoms with Crippen LogP contribution in [0.3, 0.4) is 0 Å². The summed E-state index contributed by atoms with van der Waals surface area (Å²) in [6, 6.07) is 4.67. The van der Waals surface area contributed by atoms with Gasteiger partial charge in [-0.2, -0.15) is 4.31 Å². The first-order chi connectivity index (χ1) is 10.3. The van der Waals surface area contributed by atoms with E-state index in [4.69, 9.17) is 4.74 Å². The smallest absolute Gasteiger partial charge is 0.307 e. The second-order valence-electron chi connectivity index (χ2n) is 5.83. The molecular formula is C15H21NO5S. The first-order valence-electron chi connectivity index (χ1n) is 7.13. The number of carbonyl (C=O) groups is 1. The average Bonchev–Trinajstić information content (AvgIpc) is 2.46. The van der Waals surface area contributed by atoms with Crippen molar-refractivity contribution in [3.05, 3.63) is 23.8 Å². The predicted molar refractivity (Wildman–Crippen MR) is 81.4 cm³/mol. The number of sulfonamides is 1.